The molecule has 0 unspecified atom stereocenters. The zero-order valence-electron chi connectivity index (χ0n) is 9.67. The number of nitrogens with zero attached hydrogens (tertiary/aromatic N) is 1. The molecule has 0 aliphatic heterocycles. The largest absolute Gasteiger partial charge is 0.508 e. The second-order valence-electron chi connectivity index (χ2n) is 3.92. The van der Waals surface area contributed by atoms with Gasteiger partial charge in [0.2, 0.25) is 0 Å². The topological polar surface area (TPSA) is 46.3 Å². The van der Waals surface area contributed by atoms with E-state index < -0.39 is 12.1 Å². The van der Waals surface area contributed by atoms with Gasteiger partial charge in [-0.05, 0) is 25.5 Å². The van der Waals surface area contributed by atoms with Crippen molar-refractivity contribution in [3.05, 3.63) is 35.4 Å². The number of aromatic hydroxyl groups is 1. The van der Waals surface area contributed by atoms with Crippen molar-refractivity contribution in [2.24, 2.45) is 0 Å². The van der Waals surface area contributed by atoms with Crippen molar-refractivity contribution in [1.29, 1.82) is 0 Å². The molecule has 1 aromatic heterocycles. The molecule has 0 aliphatic carbocycles. The molecule has 6 heteroatoms. The summed E-state index contributed by atoms with van der Waals surface area (Å²) in [5.74, 6) is -1.22. The summed E-state index contributed by atoms with van der Waals surface area (Å²) in [4.78, 5) is 3.42. The van der Waals surface area contributed by atoms with E-state index in [4.69, 9.17) is 0 Å². The average molecular weight is 257 g/mol. The summed E-state index contributed by atoms with van der Waals surface area (Å²) < 4.78 is 41.9. The maximum Gasteiger partial charge on any atom is 0.468 e. The number of aromatic nitrogens is 1. The van der Waals surface area contributed by atoms with Crippen molar-refractivity contribution in [2.45, 2.75) is 20.0 Å². The molecule has 0 saturated carbocycles. The van der Waals surface area contributed by atoms with E-state index in [0.29, 0.717) is 11.1 Å². The molecule has 0 bridgehead atoms. The van der Waals surface area contributed by atoms with Gasteiger partial charge >= 0.3 is 12.1 Å². The molecule has 0 atom stereocenters. The number of aryl methyl sites for hydroxylation is 2. The van der Waals surface area contributed by atoms with Crippen LogP contribution in [0.4, 0.5) is 13.2 Å². The van der Waals surface area contributed by atoms with Crippen LogP contribution in [0.25, 0.3) is 11.3 Å². The minimum absolute atomic E-state index is 0.00320. The average Bonchev–Trinajstić information content (AvgIpc) is 2.64. The van der Waals surface area contributed by atoms with Crippen LogP contribution >= 0.6 is 0 Å². The van der Waals surface area contributed by atoms with E-state index in [2.05, 4.69) is 9.40 Å². The molecular formula is C12H10F3NO2. The zero-order valence-corrected chi connectivity index (χ0v) is 9.67. The smallest absolute Gasteiger partial charge is 0.468 e. The van der Waals surface area contributed by atoms with Crippen LogP contribution in [0.1, 0.15) is 17.2 Å². The minimum Gasteiger partial charge on any atom is -0.508 e. The van der Waals surface area contributed by atoms with Crippen LogP contribution in [0.2, 0.25) is 0 Å². The molecule has 0 fully saturated rings. The number of hydrogen-bond acceptors (Lipinski definition) is 3. The molecule has 1 aromatic carbocycles. The number of rotatable bonds is 1. The number of benzene rings is 1. The Morgan fingerprint density at radius 2 is 1.89 bits per heavy atom. The molecule has 18 heavy (non-hydrogen) atoms. The number of phenolic OH excluding ortho intramolecular Hbond substituents is 1. The molecule has 2 aromatic rings. The molecule has 0 spiro atoms. The van der Waals surface area contributed by atoms with E-state index in [0.717, 1.165) is 0 Å². The van der Waals surface area contributed by atoms with Gasteiger partial charge in [-0.15, -0.1) is 0 Å². The number of alkyl halides is 3. The van der Waals surface area contributed by atoms with Gasteiger partial charge in [-0.2, -0.15) is 13.2 Å². The van der Waals surface area contributed by atoms with Gasteiger partial charge in [-0.25, -0.2) is 4.98 Å². The number of oxazole rings is 1. The highest BCUT2D eigenvalue weighted by Crippen LogP contribution is 2.34. The van der Waals surface area contributed by atoms with Crippen LogP contribution in [-0.4, -0.2) is 10.1 Å². The number of halogens is 3. The Balaban J connectivity index is 2.51. The fourth-order valence-corrected chi connectivity index (χ4v) is 1.54. The predicted molar refractivity (Wildman–Crippen MR) is 58.1 cm³/mol. The summed E-state index contributed by atoms with van der Waals surface area (Å²) in [6.07, 6.45) is -4.62. The van der Waals surface area contributed by atoms with Crippen LogP contribution in [0.3, 0.4) is 0 Å². The third-order valence-corrected chi connectivity index (χ3v) is 2.52. The Bertz CT molecular complexity index is 587. The molecule has 1 heterocycles. The Morgan fingerprint density at radius 3 is 2.39 bits per heavy atom. The van der Waals surface area contributed by atoms with E-state index in [1.807, 2.05) is 0 Å². The van der Waals surface area contributed by atoms with Gasteiger partial charge in [-0.3, -0.25) is 0 Å². The summed E-state index contributed by atoms with van der Waals surface area (Å²) >= 11 is 0. The van der Waals surface area contributed by atoms with Crippen LogP contribution in [0, 0.1) is 13.8 Å². The van der Waals surface area contributed by atoms with Gasteiger partial charge in [0, 0.05) is 5.56 Å². The summed E-state index contributed by atoms with van der Waals surface area (Å²) in [6, 6.07) is 4.55. The molecule has 0 saturated heterocycles. The second-order valence-corrected chi connectivity index (χ2v) is 3.92. The molecule has 0 radical (unpaired) electrons. The monoisotopic (exact) mass is 257 g/mol. The van der Waals surface area contributed by atoms with Crippen molar-refractivity contribution in [3.8, 4) is 17.0 Å². The van der Waals surface area contributed by atoms with E-state index in [1.165, 1.54) is 13.0 Å². The van der Waals surface area contributed by atoms with Gasteiger partial charge in [0.05, 0.1) is 0 Å². The lowest BCUT2D eigenvalue weighted by Gasteiger charge is -2.01. The first-order chi connectivity index (χ1) is 8.29. The first-order valence-electron chi connectivity index (χ1n) is 5.13. The van der Waals surface area contributed by atoms with Crippen LogP contribution in [0.5, 0.6) is 5.75 Å². The first kappa shape index (κ1) is 12.5. The first-order valence-corrected chi connectivity index (χ1v) is 5.13. The molecule has 2 rings (SSSR count). The highest BCUT2D eigenvalue weighted by molar-refractivity contribution is 5.64. The number of hydrogen-bond donors (Lipinski definition) is 1. The molecule has 0 amide bonds. The van der Waals surface area contributed by atoms with E-state index in [-0.39, 0.29) is 17.2 Å². The van der Waals surface area contributed by atoms with Crippen molar-refractivity contribution in [1.82, 2.24) is 4.98 Å². The van der Waals surface area contributed by atoms with Gasteiger partial charge in [0.15, 0.2) is 0 Å². The van der Waals surface area contributed by atoms with Gasteiger partial charge in [0.25, 0.3) is 0 Å². The fraction of sp³-hybridized carbons (Fsp3) is 0.250. The molecular weight excluding hydrogens is 247 g/mol. The Labute approximate surface area is 101 Å². The van der Waals surface area contributed by atoms with Crippen molar-refractivity contribution in [3.63, 3.8) is 0 Å². The molecule has 3 nitrogen and oxygen atoms in total. The third-order valence-electron chi connectivity index (χ3n) is 2.52. The van der Waals surface area contributed by atoms with E-state index in [9.17, 15) is 18.3 Å². The van der Waals surface area contributed by atoms with Gasteiger partial charge in [0.1, 0.15) is 17.2 Å². The lowest BCUT2D eigenvalue weighted by Crippen LogP contribution is -2.04. The molecule has 96 valence electrons. The fourth-order valence-electron chi connectivity index (χ4n) is 1.54. The normalized spacial score (nSPS) is 11.8. The van der Waals surface area contributed by atoms with Gasteiger partial charge in [-0.1, -0.05) is 12.1 Å². The Kier molecular flexibility index (Phi) is 2.80. The molecule has 1 N–H and O–H groups in total. The minimum atomic E-state index is -4.62. The maximum atomic E-state index is 12.4. The van der Waals surface area contributed by atoms with Crippen LogP contribution in [-0.2, 0) is 6.18 Å². The molecule has 0 aliphatic rings. The summed E-state index contributed by atoms with van der Waals surface area (Å²) in [7, 11) is 0. The summed E-state index contributed by atoms with van der Waals surface area (Å²) in [6.45, 7) is 3.09. The van der Waals surface area contributed by atoms with Crippen LogP contribution < -0.4 is 0 Å². The summed E-state index contributed by atoms with van der Waals surface area (Å²) in [5, 5.41) is 9.54. The second kappa shape index (κ2) is 4.04. The maximum absolute atomic E-state index is 12.4. The summed E-state index contributed by atoms with van der Waals surface area (Å²) in [5.41, 5.74) is 1.10. The van der Waals surface area contributed by atoms with E-state index >= 15 is 0 Å². The number of phenols is 1. The highest BCUT2D eigenvalue weighted by Gasteiger charge is 2.38. The van der Waals surface area contributed by atoms with Crippen LogP contribution in [0.15, 0.2) is 22.6 Å². The van der Waals surface area contributed by atoms with Crippen molar-refractivity contribution in [2.75, 3.05) is 0 Å². The SMILES string of the molecule is Cc1ccc(-c2nc(C(F)(F)F)oc2C)cc1O. The van der Waals surface area contributed by atoms with E-state index in [1.54, 1.807) is 19.1 Å². The standard InChI is InChI=1S/C12H10F3NO2/c1-6-3-4-8(5-9(6)17)10-7(2)18-11(16-10)12(13,14)15/h3-5,17H,1-2H3. The van der Waals surface area contributed by atoms with Gasteiger partial charge < -0.3 is 9.52 Å². The highest BCUT2D eigenvalue weighted by atomic mass is 19.4. The quantitative estimate of drug-likeness (QED) is 0.847. The predicted octanol–water partition coefficient (Wildman–Crippen LogP) is 3.68. The Hall–Kier alpha value is -1.98. The lowest BCUT2D eigenvalue weighted by molar-refractivity contribution is -0.157. The lowest BCUT2D eigenvalue weighted by atomic mass is 10.1. The van der Waals surface area contributed by atoms with Crippen molar-refractivity contribution >= 4 is 0 Å². The third kappa shape index (κ3) is 2.18. The zero-order chi connectivity index (χ0) is 13.5. The Morgan fingerprint density at radius 1 is 1.22 bits per heavy atom. The van der Waals surface area contributed by atoms with Crippen molar-refractivity contribution < 1.29 is 22.7 Å².